The van der Waals surface area contributed by atoms with Crippen molar-refractivity contribution in [2.75, 3.05) is 33.4 Å². The molecule has 8 rings (SSSR count). The van der Waals surface area contributed by atoms with Gasteiger partial charge in [-0.2, -0.15) is 0 Å². The van der Waals surface area contributed by atoms with Crippen LogP contribution in [0.4, 0.5) is 4.79 Å². The first-order valence-electron chi connectivity index (χ1n) is 16.3. The zero-order valence-electron chi connectivity index (χ0n) is 26.4. The Morgan fingerprint density at radius 3 is 2.63 bits per heavy atom. The molecule has 43 heavy (non-hydrogen) atoms. The monoisotopic (exact) mass is 599 g/mol. The van der Waals surface area contributed by atoms with E-state index in [1.54, 1.807) is 7.11 Å². The van der Waals surface area contributed by atoms with Gasteiger partial charge in [-0.1, -0.05) is 26.8 Å². The second kappa shape index (κ2) is 9.79. The maximum absolute atomic E-state index is 12.8. The molecule has 0 aromatic heterocycles. The summed E-state index contributed by atoms with van der Waals surface area (Å²) in [5.41, 5.74) is -0.0344. The number of ether oxygens (including phenoxy) is 4. The third kappa shape index (κ3) is 3.97. The molecule has 1 aromatic carbocycles. The van der Waals surface area contributed by atoms with Crippen molar-refractivity contribution in [3.05, 3.63) is 23.3 Å². The molecule has 9 nitrogen and oxygen atoms in total. The second-order valence-electron chi connectivity index (χ2n) is 15.6. The predicted octanol–water partition coefficient (Wildman–Crippen LogP) is 3.97. The van der Waals surface area contributed by atoms with Gasteiger partial charge in [-0.15, -0.1) is 0 Å². The highest BCUT2D eigenvalue weighted by atomic mass is 16.7. The van der Waals surface area contributed by atoms with Gasteiger partial charge < -0.3 is 34.3 Å². The number of hydrogen-bond donors (Lipinski definition) is 3. The Bertz CT molecular complexity index is 1290. The molecule has 9 heteroatoms. The molecular weight excluding hydrogens is 550 g/mol. The van der Waals surface area contributed by atoms with Gasteiger partial charge in [-0.05, 0) is 81.4 Å². The fraction of sp³-hybridized carbons (Fsp3) is 0.794. The summed E-state index contributed by atoms with van der Waals surface area (Å²) in [6.07, 6.45) is 5.20. The quantitative estimate of drug-likeness (QED) is 0.286. The van der Waals surface area contributed by atoms with Gasteiger partial charge in [0.25, 0.3) is 0 Å². The van der Waals surface area contributed by atoms with Crippen molar-refractivity contribution in [1.29, 1.82) is 0 Å². The number of methoxy groups -OCH3 is 1. The van der Waals surface area contributed by atoms with Crippen LogP contribution in [0.15, 0.2) is 12.1 Å². The summed E-state index contributed by atoms with van der Waals surface area (Å²) in [5.74, 6) is 1.61. The molecule has 2 aliphatic heterocycles. The number of carbonyl (C=O) groups is 1. The Labute approximate surface area is 254 Å². The van der Waals surface area contributed by atoms with Gasteiger partial charge in [0.2, 0.25) is 0 Å². The first-order chi connectivity index (χ1) is 20.3. The van der Waals surface area contributed by atoms with Crippen LogP contribution in [-0.4, -0.2) is 89.2 Å². The van der Waals surface area contributed by atoms with Gasteiger partial charge >= 0.3 is 6.16 Å². The van der Waals surface area contributed by atoms with Crippen molar-refractivity contribution < 1.29 is 39.1 Å². The molecule has 2 spiro atoms. The third-order valence-electron chi connectivity index (χ3n) is 12.9. The summed E-state index contributed by atoms with van der Waals surface area (Å²) in [4.78, 5) is 15.5. The number of aliphatic hydroxyl groups excluding tert-OH is 2. The van der Waals surface area contributed by atoms with E-state index in [1.165, 1.54) is 24.0 Å². The molecule has 0 amide bonds. The third-order valence-corrected chi connectivity index (χ3v) is 12.9. The van der Waals surface area contributed by atoms with Crippen molar-refractivity contribution in [2.45, 2.75) is 114 Å². The second-order valence-corrected chi connectivity index (χ2v) is 15.6. The molecule has 5 aliphatic carbocycles. The molecule has 7 aliphatic rings. The zero-order chi connectivity index (χ0) is 30.6. The van der Waals surface area contributed by atoms with Crippen molar-refractivity contribution >= 4 is 6.16 Å². The van der Waals surface area contributed by atoms with E-state index >= 15 is 0 Å². The minimum atomic E-state index is -1.01. The van der Waals surface area contributed by atoms with E-state index in [1.807, 2.05) is 13.0 Å². The van der Waals surface area contributed by atoms with Gasteiger partial charge in [-0.25, -0.2) is 4.79 Å². The van der Waals surface area contributed by atoms with E-state index in [9.17, 15) is 15.0 Å². The fourth-order valence-electron chi connectivity index (χ4n) is 10.1. The molecule has 5 fully saturated rings. The largest absolute Gasteiger partial charge is 0.513 e. The summed E-state index contributed by atoms with van der Waals surface area (Å²) >= 11 is 0. The van der Waals surface area contributed by atoms with E-state index in [2.05, 4.69) is 31.7 Å². The molecule has 238 valence electrons. The summed E-state index contributed by atoms with van der Waals surface area (Å²) in [6, 6.07) is 4.29. The average Bonchev–Trinajstić information content (AvgIpc) is 3.71. The molecule has 1 saturated heterocycles. The molecule has 8 atom stereocenters. The topological polar surface area (TPSA) is 118 Å². The highest BCUT2D eigenvalue weighted by Crippen LogP contribution is 2.78. The van der Waals surface area contributed by atoms with Gasteiger partial charge in [0.05, 0.1) is 24.9 Å². The van der Waals surface area contributed by atoms with Crippen LogP contribution in [0, 0.1) is 22.7 Å². The molecule has 1 aromatic rings. The van der Waals surface area contributed by atoms with Crippen molar-refractivity contribution in [2.24, 2.45) is 22.7 Å². The zero-order valence-corrected chi connectivity index (χ0v) is 26.4. The van der Waals surface area contributed by atoms with Gasteiger partial charge in [0, 0.05) is 48.4 Å². The lowest BCUT2D eigenvalue weighted by molar-refractivity contribution is -0.312. The van der Waals surface area contributed by atoms with Gasteiger partial charge in [0.1, 0.15) is 11.7 Å². The van der Waals surface area contributed by atoms with E-state index in [0.29, 0.717) is 17.5 Å². The number of likely N-dealkylation sites (tertiary alicyclic amines) is 1. The highest BCUT2D eigenvalue weighted by molar-refractivity contribution is 5.70. The lowest BCUT2D eigenvalue weighted by atomic mass is 9.33. The van der Waals surface area contributed by atoms with Crippen LogP contribution >= 0.6 is 0 Å². The number of hydrogen-bond acceptors (Lipinski definition) is 9. The van der Waals surface area contributed by atoms with Crippen LogP contribution in [0.5, 0.6) is 11.5 Å². The molecule has 0 unspecified atom stereocenters. The molecule has 4 bridgehead atoms. The van der Waals surface area contributed by atoms with E-state index in [4.69, 9.17) is 24.1 Å². The summed E-state index contributed by atoms with van der Waals surface area (Å²) in [5, 5.41) is 31.1. The number of piperidine rings is 1. The minimum absolute atomic E-state index is 0.0633. The summed E-state index contributed by atoms with van der Waals surface area (Å²) in [7, 11) is 1.78. The normalized spacial score (nSPS) is 37.7. The molecule has 0 radical (unpaired) electrons. The first kappa shape index (κ1) is 29.8. The van der Waals surface area contributed by atoms with Crippen LogP contribution in [0.3, 0.4) is 0 Å². The van der Waals surface area contributed by atoms with Crippen LogP contribution in [0.25, 0.3) is 0 Å². The van der Waals surface area contributed by atoms with Gasteiger partial charge in [0.15, 0.2) is 11.5 Å². The fourth-order valence-corrected chi connectivity index (χ4v) is 10.1. The van der Waals surface area contributed by atoms with Crippen LogP contribution < -0.4 is 9.47 Å². The first-order valence-corrected chi connectivity index (χ1v) is 16.3. The Balaban J connectivity index is 1.33. The number of nitrogens with zero attached hydrogens (tertiary/aromatic N) is 1. The SMILES string of the molecule is CO[C@]12CC[C@@]3(C[C@@H]1[C@](C)(O)C(C)(C)C)[C@H]1Cc4ccc(OC(=O)OCC[C@@H](O)CO)c5c4[C@@]3(CCN1CC1CC1)[C@H]2O5. The molecular formula is C34H49NO8. The van der Waals surface area contributed by atoms with Crippen molar-refractivity contribution in [3.8, 4) is 11.5 Å². The van der Waals surface area contributed by atoms with E-state index in [-0.39, 0.29) is 41.3 Å². The summed E-state index contributed by atoms with van der Waals surface area (Å²) < 4.78 is 24.8. The Kier molecular flexibility index (Phi) is 6.78. The lowest BCUT2D eigenvalue weighted by Crippen LogP contribution is -2.83. The number of carbonyl (C=O) groups excluding carboxylic acids is 1. The maximum Gasteiger partial charge on any atom is 0.513 e. The Hall–Kier alpha value is -1.91. The number of rotatable bonds is 9. The average molecular weight is 600 g/mol. The number of benzene rings is 1. The van der Waals surface area contributed by atoms with Crippen molar-refractivity contribution in [3.63, 3.8) is 0 Å². The Morgan fingerprint density at radius 1 is 1.19 bits per heavy atom. The standard InChI is InChI=1S/C34H49NO8/c1-30(2,3)31(4,39)24-17-32-11-12-34(24,40-5)28-33(32)13-14-35(18-20-6-7-20)25(32)16-21-8-9-23(27(43-28)26(21)33)42-29(38)41-15-10-22(37)19-36/h8-9,20,22,24-25,28,36-37,39H,6-7,10-19H2,1-5H3/t22-,24-,25-,28-,31+,32-,33+,34-/m1/s1. The van der Waals surface area contributed by atoms with Crippen LogP contribution in [0.1, 0.15) is 83.8 Å². The predicted molar refractivity (Wildman–Crippen MR) is 158 cm³/mol. The maximum atomic E-state index is 12.8. The smallest absolute Gasteiger partial charge is 0.482 e. The van der Waals surface area contributed by atoms with Crippen LogP contribution in [-0.2, 0) is 21.3 Å². The van der Waals surface area contributed by atoms with E-state index < -0.39 is 30.1 Å². The highest BCUT2D eigenvalue weighted by Gasteiger charge is 2.82. The van der Waals surface area contributed by atoms with E-state index in [0.717, 1.165) is 51.1 Å². The number of aliphatic hydroxyl groups is 3. The molecule has 4 saturated carbocycles. The summed E-state index contributed by atoms with van der Waals surface area (Å²) in [6.45, 7) is 10.0. The van der Waals surface area contributed by atoms with Crippen molar-refractivity contribution in [1.82, 2.24) is 4.90 Å². The molecule has 2 heterocycles. The molecule has 3 N–H and O–H groups in total. The Morgan fingerprint density at radius 2 is 1.95 bits per heavy atom. The lowest BCUT2D eigenvalue weighted by Gasteiger charge is -2.75. The number of fused-ring (bicyclic) bond motifs is 2. The minimum Gasteiger partial charge on any atom is -0.482 e. The van der Waals surface area contributed by atoms with Crippen LogP contribution in [0.2, 0.25) is 0 Å². The van der Waals surface area contributed by atoms with Gasteiger partial charge in [-0.3, -0.25) is 4.90 Å².